The summed E-state index contributed by atoms with van der Waals surface area (Å²) in [5.74, 6) is 2.19. The number of rotatable bonds is 10. The quantitative estimate of drug-likeness (QED) is 0.502. The predicted molar refractivity (Wildman–Crippen MR) is 116 cm³/mol. The van der Waals surface area contributed by atoms with E-state index in [4.69, 9.17) is 9.47 Å². The largest absolute Gasteiger partial charge is 0.490 e. The molecule has 0 bridgehead atoms. The zero-order valence-electron chi connectivity index (χ0n) is 17.7. The Labute approximate surface area is 169 Å². The van der Waals surface area contributed by atoms with Crippen molar-refractivity contribution in [1.29, 1.82) is 0 Å². The summed E-state index contributed by atoms with van der Waals surface area (Å²) >= 11 is 0. The standard InChI is InChI=1S/C24H33NO3/c1-6-27-21-13-7-8-14-22(21)28-16-10-15-23(26)25-24-19(17(2)3)11-9-12-20(24)18(4)5/h7-9,11-14,17-18H,6,10,15-16H2,1-5H3,(H,25,26). The van der Waals surface area contributed by atoms with Crippen LogP contribution < -0.4 is 14.8 Å². The molecule has 0 saturated heterocycles. The summed E-state index contributed by atoms with van der Waals surface area (Å²) in [5, 5.41) is 3.15. The number of hydrogen-bond donors (Lipinski definition) is 1. The lowest BCUT2D eigenvalue weighted by Gasteiger charge is -2.20. The van der Waals surface area contributed by atoms with Gasteiger partial charge in [-0.3, -0.25) is 4.79 Å². The van der Waals surface area contributed by atoms with Crippen LogP contribution in [0.3, 0.4) is 0 Å². The molecule has 0 saturated carbocycles. The highest BCUT2D eigenvalue weighted by molar-refractivity contribution is 5.92. The van der Waals surface area contributed by atoms with E-state index in [0.29, 0.717) is 37.9 Å². The van der Waals surface area contributed by atoms with Crippen LogP contribution in [0.5, 0.6) is 11.5 Å². The molecule has 2 aromatic rings. The molecule has 4 heteroatoms. The Bertz CT molecular complexity index is 742. The molecule has 28 heavy (non-hydrogen) atoms. The number of anilines is 1. The molecule has 0 radical (unpaired) electrons. The van der Waals surface area contributed by atoms with Crippen LogP contribution in [-0.2, 0) is 4.79 Å². The van der Waals surface area contributed by atoms with Crippen LogP contribution in [0.25, 0.3) is 0 Å². The van der Waals surface area contributed by atoms with Gasteiger partial charge in [-0.15, -0.1) is 0 Å². The van der Waals surface area contributed by atoms with E-state index in [0.717, 1.165) is 17.2 Å². The number of nitrogens with one attached hydrogen (secondary N) is 1. The summed E-state index contributed by atoms with van der Waals surface area (Å²) in [5.41, 5.74) is 3.34. The van der Waals surface area contributed by atoms with Crippen LogP contribution in [0.1, 0.15) is 70.4 Å². The molecule has 0 aliphatic heterocycles. The fraction of sp³-hybridized carbons (Fsp3) is 0.458. The monoisotopic (exact) mass is 383 g/mol. The predicted octanol–water partition coefficient (Wildman–Crippen LogP) is 6.13. The van der Waals surface area contributed by atoms with Gasteiger partial charge < -0.3 is 14.8 Å². The first-order valence-electron chi connectivity index (χ1n) is 10.2. The highest BCUT2D eigenvalue weighted by atomic mass is 16.5. The van der Waals surface area contributed by atoms with E-state index >= 15 is 0 Å². The van der Waals surface area contributed by atoms with Gasteiger partial charge in [0, 0.05) is 12.1 Å². The summed E-state index contributed by atoms with van der Waals surface area (Å²) in [7, 11) is 0. The first kappa shape index (κ1) is 21.8. The van der Waals surface area contributed by atoms with Gasteiger partial charge in [-0.25, -0.2) is 0 Å². The molecule has 0 unspecified atom stereocenters. The Morgan fingerprint density at radius 2 is 1.46 bits per heavy atom. The van der Waals surface area contributed by atoms with Crippen LogP contribution in [0, 0.1) is 0 Å². The lowest BCUT2D eigenvalue weighted by molar-refractivity contribution is -0.116. The van der Waals surface area contributed by atoms with Crippen molar-refractivity contribution in [2.75, 3.05) is 18.5 Å². The van der Waals surface area contributed by atoms with Crippen molar-refractivity contribution in [1.82, 2.24) is 0 Å². The van der Waals surface area contributed by atoms with Crippen LogP contribution in [0.2, 0.25) is 0 Å². The van der Waals surface area contributed by atoms with Crippen molar-refractivity contribution < 1.29 is 14.3 Å². The number of carbonyl (C=O) groups is 1. The number of amides is 1. The van der Waals surface area contributed by atoms with Gasteiger partial charge in [-0.05, 0) is 48.4 Å². The SMILES string of the molecule is CCOc1ccccc1OCCCC(=O)Nc1c(C(C)C)cccc1C(C)C. The second kappa shape index (κ2) is 10.7. The third-order valence-corrected chi connectivity index (χ3v) is 4.59. The lowest BCUT2D eigenvalue weighted by Crippen LogP contribution is -2.16. The van der Waals surface area contributed by atoms with Crippen LogP contribution >= 0.6 is 0 Å². The topological polar surface area (TPSA) is 47.6 Å². The van der Waals surface area contributed by atoms with Crippen LogP contribution in [-0.4, -0.2) is 19.1 Å². The molecule has 0 spiro atoms. The van der Waals surface area contributed by atoms with E-state index in [1.54, 1.807) is 0 Å². The van der Waals surface area contributed by atoms with E-state index in [2.05, 4.69) is 51.2 Å². The van der Waals surface area contributed by atoms with Gasteiger partial charge in [0.05, 0.1) is 13.2 Å². The fourth-order valence-corrected chi connectivity index (χ4v) is 3.16. The molecule has 1 N–H and O–H groups in total. The number of para-hydroxylation sites is 3. The number of carbonyl (C=O) groups excluding carboxylic acids is 1. The molecule has 0 atom stereocenters. The molecular formula is C24H33NO3. The van der Waals surface area contributed by atoms with Gasteiger partial charge in [0.25, 0.3) is 0 Å². The number of ether oxygens (including phenoxy) is 2. The molecule has 0 aliphatic carbocycles. The minimum Gasteiger partial charge on any atom is -0.490 e. The van der Waals surface area contributed by atoms with E-state index in [1.807, 2.05) is 31.2 Å². The zero-order valence-corrected chi connectivity index (χ0v) is 17.7. The van der Waals surface area contributed by atoms with E-state index in [1.165, 1.54) is 11.1 Å². The van der Waals surface area contributed by atoms with Crippen molar-refractivity contribution in [3.05, 3.63) is 53.6 Å². The second-order valence-corrected chi connectivity index (χ2v) is 7.50. The summed E-state index contributed by atoms with van der Waals surface area (Å²) < 4.78 is 11.4. The van der Waals surface area contributed by atoms with Gasteiger partial charge >= 0.3 is 0 Å². The summed E-state index contributed by atoms with van der Waals surface area (Å²) in [6.07, 6.45) is 1.06. The van der Waals surface area contributed by atoms with Crippen LogP contribution in [0.15, 0.2) is 42.5 Å². The van der Waals surface area contributed by atoms with Gasteiger partial charge in [0.1, 0.15) is 0 Å². The van der Waals surface area contributed by atoms with E-state index in [-0.39, 0.29) is 5.91 Å². The molecule has 152 valence electrons. The Hall–Kier alpha value is -2.49. The molecule has 1 amide bonds. The maximum atomic E-state index is 12.6. The van der Waals surface area contributed by atoms with Crippen molar-refractivity contribution >= 4 is 11.6 Å². The van der Waals surface area contributed by atoms with E-state index < -0.39 is 0 Å². The maximum absolute atomic E-state index is 12.6. The highest BCUT2D eigenvalue weighted by Crippen LogP contribution is 2.32. The third kappa shape index (κ3) is 6.01. The average molecular weight is 384 g/mol. The van der Waals surface area contributed by atoms with Gasteiger partial charge in [-0.1, -0.05) is 58.0 Å². The molecule has 2 aromatic carbocycles. The Morgan fingerprint density at radius 1 is 0.893 bits per heavy atom. The second-order valence-electron chi connectivity index (χ2n) is 7.50. The van der Waals surface area contributed by atoms with Crippen molar-refractivity contribution in [3.8, 4) is 11.5 Å². The molecule has 2 rings (SSSR count). The van der Waals surface area contributed by atoms with Gasteiger partial charge in [-0.2, -0.15) is 0 Å². The maximum Gasteiger partial charge on any atom is 0.224 e. The average Bonchev–Trinajstić information content (AvgIpc) is 2.66. The highest BCUT2D eigenvalue weighted by Gasteiger charge is 2.15. The zero-order chi connectivity index (χ0) is 20.5. The summed E-state index contributed by atoms with van der Waals surface area (Å²) in [4.78, 5) is 12.6. The van der Waals surface area contributed by atoms with E-state index in [9.17, 15) is 4.79 Å². The van der Waals surface area contributed by atoms with Crippen molar-refractivity contribution in [2.24, 2.45) is 0 Å². The Morgan fingerprint density at radius 3 is 2.00 bits per heavy atom. The first-order valence-corrected chi connectivity index (χ1v) is 10.2. The molecule has 0 heterocycles. The first-order chi connectivity index (χ1) is 13.4. The fourth-order valence-electron chi connectivity index (χ4n) is 3.16. The Balaban J connectivity index is 1.93. The molecule has 4 nitrogen and oxygen atoms in total. The Kier molecular flexibility index (Phi) is 8.37. The van der Waals surface area contributed by atoms with Crippen molar-refractivity contribution in [2.45, 2.75) is 59.3 Å². The minimum absolute atomic E-state index is 0.0247. The molecule has 0 aliphatic rings. The van der Waals surface area contributed by atoms with Crippen molar-refractivity contribution in [3.63, 3.8) is 0 Å². The molecule has 0 aromatic heterocycles. The normalized spacial score (nSPS) is 11.0. The van der Waals surface area contributed by atoms with Crippen LogP contribution in [0.4, 0.5) is 5.69 Å². The lowest BCUT2D eigenvalue weighted by atomic mass is 9.92. The van der Waals surface area contributed by atoms with Gasteiger partial charge in [0.15, 0.2) is 11.5 Å². The summed E-state index contributed by atoms with van der Waals surface area (Å²) in [6, 6.07) is 13.9. The number of hydrogen-bond acceptors (Lipinski definition) is 3. The third-order valence-electron chi connectivity index (χ3n) is 4.59. The summed E-state index contributed by atoms with van der Waals surface area (Å²) in [6.45, 7) is 11.6. The van der Waals surface area contributed by atoms with Gasteiger partial charge in [0.2, 0.25) is 5.91 Å². The minimum atomic E-state index is 0.0247. The molecule has 0 fully saturated rings. The molecular weight excluding hydrogens is 350 g/mol. The smallest absolute Gasteiger partial charge is 0.224 e. The number of benzene rings is 2.